The summed E-state index contributed by atoms with van der Waals surface area (Å²) in [5, 5.41) is 3.03. The molecule has 0 bridgehead atoms. The van der Waals surface area contributed by atoms with Gasteiger partial charge in [0.2, 0.25) is 0 Å². The van der Waals surface area contributed by atoms with Crippen molar-refractivity contribution < 1.29 is 4.74 Å². The largest absolute Gasteiger partial charge is 0.497 e. The molecule has 0 unspecified atom stereocenters. The Balaban J connectivity index is 2.71. The third-order valence-electron chi connectivity index (χ3n) is 1.81. The van der Waals surface area contributed by atoms with Crippen molar-refractivity contribution in [2.24, 2.45) is 0 Å². The van der Waals surface area contributed by atoms with Crippen molar-refractivity contribution in [1.82, 2.24) is 0 Å². The van der Waals surface area contributed by atoms with Crippen LogP contribution in [0.15, 0.2) is 23.6 Å². The number of methoxy groups -OCH3 is 1. The van der Waals surface area contributed by atoms with Crippen molar-refractivity contribution in [2.45, 2.75) is 0 Å². The number of ether oxygens (including phenoxy) is 1. The van der Waals surface area contributed by atoms with Gasteiger partial charge >= 0.3 is 0 Å². The molecule has 0 aliphatic rings. The van der Waals surface area contributed by atoms with Gasteiger partial charge in [0.05, 0.1) is 12.8 Å². The zero-order valence-electron chi connectivity index (χ0n) is 6.70. The molecule has 1 aromatic carbocycles. The summed E-state index contributed by atoms with van der Waals surface area (Å²) in [5.41, 5.74) is 6.58. The number of nitrogen functional groups attached to an aromatic ring is 1. The van der Waals surface area contributed by atoms with Crippen LogP contribution in [0.5, 0.6) is 5.75 Å². The lowest BCUT2D eigenvalue weighted by atomic mass is 10.2. The number of fused-ring (bicyclic) bond motifs is 1. The molecule has 1 aromatic heterocycles. The number of thiophene rings is 1. The van der Waals surface area contributed by atoms with Crippen LogP contribution in [-0.4, -0.2) is 7.11 Å². The molecule has 2 aromatic rings. The minimum absolute atomic E-state index is 0.828. The third-order valence-corrected chi connectivity index (χ3v) is 2.79. The predicted octanol–water partition coefficient (Wildman–Crippen LogP) is 2.49. The number of hydrogen-bond acceptors (Lipinski definition) is 3. The normalized spacial score (nSPS) is 10.4. The van der Waals surface area contributed by atoms with Crippen molar-refractivity contribution in [3.63, 3.8) is 0 Å². The SMILES string of the molecule is COc1ccc2scc(N)c2c1. The van der Waals surface area contributed by atoms with Gasteiger partial charge < -0.3 is 10.5 Å². The van der Waals surface area contributed by atoms with Crippen LogP contribution in [0.25, 0.3) is 10.1 Å². The first-order chi connectivity index (χ1) is 5.81. The lowest BCUT2D eigenvalue weighted by Gasteiger charge is -1.98. The van der Waals surface area contributed by atoms with Gasteiger partial charge in [0.25, 0.3) is 0 Å². The number of nitrogens with two attached hydrogens (primary N) is 1. The molecule has 0 aliphatic heterocycles. The van der Waals surface area contributed by atoms with Gasteiger partial charge in [-0.25, -0.2) is 0 Å². The fourth-order valence-corrected chi connectivity index (χ4v) is 1.99. The molecular weight excluding hydrogens is 170 g/mol. The first-order valence-corrected chi connectivity index (χ1v) is 4.50. The smallest absolute Gasteiger partial charge is 0.119 e. The van der Waals surface area contributed by atoms with Crippen molar-refractivity contribution in [3.8, 4) is 5.75 Å². The van der Waals surface area contributed by atoms with Crippen LogP contribution in [-0.2, 0) is 0 Å². The molecule has 0 spiro atoms. The second-order valence-electron chi connectivity index (χ2n) is 2.55. The Morgan fingerprint density at radius 3 is 3.00 bits per heavy atom. The highest BCUT2D eigenvalue weighted by Crippen LogP contribution is 2.30. The molecule has 2 nitrogen and oxygen atoms in total. The minimum Gasteiger partial charge on any atom is -0.497 e. The van der Waals surface area contributed by atoms with E-state index in [0.717, 1.165) is 16.8 Å². The highest BCUT2D eigenvalue weighted by atomic mass is 32.1. The quantitative estimate of drug-likeness (QED) is 0.730. The van der Waals surface area contributed by atoms with Gasteiger partial charge in [-0.1, -0.05) is 0 Å². The molecule has 0 aliphatic carbocycles. The lowest BCUT2D eigenvalue weighted by Crippen LogP contribution is -1.83. The van der Waals surface area contributed by atoms with E-state index < -0.39 is 0 Å². The lowest BCUT2D eigenvalue weighted by molar-refractivity contribution is 0.415. The van der Waals surface area contributed by atoms with Crippen LogP contribution in [0.1, 0.15) is 0 Å². The summed E-state index contributed by atoms with van der Waals surface area (Å²) < 4.78 is 6.30. The Kier molecular flexibility index (Phi) is 1.66. The van der Waals surface area contributed by atoms with Crippen LogP contribution in [0, 0.1) is 0 Å². The van der Waals surface area contributed by atoms with Gasteiger partial charge in [0.15, 0.2) is 0 Å². The second kappa shape index (κ2) is 2.68. The van der Waals surface area contributed by atoms with E-state index in [9.17, 15) is 0 Å². The fourth-order valence-electron chi connectivity index (χ4n) is 1.15. The average molecular weight is 179 g/mol. The standard InChI is InChI=1S/C9H9NOS/c1-11-6-2-3-9-7(4-6)8(10)5-12-9/h2-5H,10H2,1H3. The van der Waals surface area contributed by atoms with Gasteiger partial charge in [0.1, 0.15) is 5.75 Å². The summed E-state index contributed by atoms with van der Waals surface area (Å²) in [6.07, 6.45) is 0. The maximum Gasteiger partial charge on any atom is 0.119 e. The van der Waals surface area contributed by atoms with Gasteiger partial charge in [-0.2, -0.15) is 0 Å². The summed E-state index contributed by atoms with van der Waals surface area (Å²) in [4.78, 5) is 0. The predicted molar refractivity (Wildman–Crippen MR) is 52.8 cm³/mol. The van der Waals surface area contributed by atoms with E-state index in [2.05, 4.69) is 0 Å². The van der Waals surface area contributed by atoms with Crippen LogP contribution < -0.4 is 10.5 Å². The third kappa shape index (κ3) is 1.02. The van der Waals surface area contributed by atoms with Crippen LogP contribution in [0.2, 0.25) is 0 Å². The minimum atomic E-state index is 0.828. The summed E-state index contributed by atoms with van der Waals surface area (Å²) in [6.45, 7) is 0. The summed E-state index contributed by atoms with van der Waals surface area (Å²) >= 11 is 1.65. The molecule has 2 rings (SSSR count). The Hall–Kier alpha value is -1.22. The van der Waals surface area contributed by atoms with E-state index in [-0.39, 0.29) is 0 Å². The van der Waals surface area contributed by atoms with Gasteiger partial charge in [-0.15, -0.1) is 11.3 Å². The molecule has 1 heterocycles. The van der Waals surface area contributed by atoms with Gasteiger partial charge in [-0.3, -0.25) is 0 Å². The summed E-state index contributed by atoms with van der Waals surface area (Å²) in [7, 11) is 1.66. The van der Waals surface area contributed by atoms with E-state index in [4.69, 9.17) is 10.5 Å². The van der Waals surface area contributed by atoms with Gasteiger partial charge in [-0.05, 0) is 18.2 Å². The molecule has 0 saturated heterocycles. The van der Waals surface area contributed by atoms with Crippen molar-refractivity contribution >= 4 is 27.1 Å². The van der Waals surface area contributed by atoms with E-state index in [1.807, 2.05) is 23.6 Å². The zero-order chi connectivity index (χ0) is 8.55. The molecule has 0 radical (unpaired) electrons. The van der Waals surface area contributed by atoms with Crippen LogP contribution in [0.4, 0.5) is 5.69 Å². The van der Waals surface area contributed by atoms with Crippen molar-refractivity contribution in [3.05, 3.63) is 23.6 Å². The molecular formula is C9H9NOS. The maximum absolute atomic E-state index is 5.75. The molecule has 2 N–H and O–H groups in total. The Labute approximate surface area is 74.6 Å². The number of rotatable bonds is 1. The molecule has 0 atom stereocenters. The molecule has 0 amide bonds. The van der Waals surface area contributed by atoms with Crippen molar-refractivity contribution in [1.29, 1.82) is 0 Å². The fraction of sp³-hybridized carbons (Fsp3) is 0.111. The summed E-state index contributed by atoms with van der Waals surface area (Å²) in [5.74, 6) is 0.854. The molecule has 0 saturated carbocycles. The van der Waals surface area contributed by atoms with Crippen LogP contribution >= 0.6 is 11.3 Å². The molecule has 0 fully saturated rings. The molecule has 12 heavy (non-hydrogen) atoms. The second-order valence-corrected chi connectivity index (χ2v) is 3.46. The van der Waals surface area contributed by atoms with Gasteiger partial charge in [0, 0.05) is 15.5 Å². The van der Waals surface area contributed by atoms with E-state index in [1.165, 1.54) is 4.70 Å². The highest BCUT2D eigenvalue weighted by Gasteiger charge is 2.01. The topological polar surface area (TPSA) is 35.2 Å². The molecule has 3 heteroatoms. The van der Waals surface area contributed by atoms with Crippen LogP contribution in [0.3, 0.4) is 0 Å². The van der Waals surface area contributed by atoms with Crippen molar-refractivity contribution in [2.75, 3.05) is 12.8 Å². The first kappa shape index (κ1) is 7.43. The highest BCUT2D eigenvalue weighted by molar-refractivity contribution is 7.17. The van der Waals surface area contributed by atoms with E-state index in [1.54, 1.807) is 18.4 Å². The monoisotopic (exact) mass is 179 g/mol. The molecule has 62 valence electrons. The van der Waals surface area contributed by atoms with E-state index >= 15 is 0 Å². The zero-order valence-corrected chi connectivity index (χ0v) is 7.52. The average Bonchev–Trinajstić information content (AvgIpc) is 2.47. The Morgan fingerprint density at radius 1 is 1.42 bits per heavy atom. The first-order valence-electron chi connectivity index (χ1n) is 3.62. The Bertz CT molecular complexity index is 408. The number of hydrogen-bond donors (Lipinski definition) is 1. The Morgan fingerprint density at radius 2 is 2.25 bits per heavy atom. The summed E-state index contributed by atoms with van der Waals surface area (Å²) in [6, 6.07) is 5.93. The maximum atomic E-state index is 5.75. The van der Waals surface area contributed by atoms with E-state index in [0.29, 0.717) is 0 Å². The number of benzene rings is 1. The number of anilines is 1.